The van der Waals surface area contributed by atoms with Gasteiger partial charge in [-0.3, -0.25) is 0 Å². The van der Waals surface area contributed by atoms with Crippen LogP contribution in [0.3, 0.4) is 0 Å². The van der Waals surface area contributed by atoms with Crippen LogP contribution >= 0.6 is 0 Å². The summed E-state index contributed by atoms with van der Waals surface area (Å²) in [6, 6.07) is 17.5. The van der Waals surface area contributed by atoms with Gasteiger partial charge in [-0.05, 0) is 24.5 Å². The summed E-state index contributed by atoms with van der Waals surface area (Å²) in [5.74, 6) is 0.299. The minimum atomic E-state index is -0.0306. The predicted octanol–water partition coefficient (Wildman–Crippen LogP) is 3.04. The largest absolute Gasteiger partial charge is 0.508 e. The molecule has 0 fully saturated rings. The van der Waals surface area contributed by atoms with Crippen molar-refractivity contribution in [3.8, 4) is 5.75 Å². The Balaban J connectivity index is 2.07. The van der Waals surface area contributed by atoms with Gasteiger partial charge in [-0.15, -0.1) is 0 Å². The van der Waals surface area contributed by atoms with Crippen molar-refractivity contribution in [1.29, 1.82) is 0 Å². The molecule has 0 aliphatic heterocycles. The van der Waals surface area contributed by atoms with Gasteiger partial charge in [0.15, 0.2) is 0 Å². The molecule has 0 heterocycles. The molecule has 0 aliphatic rings. The fourth-order valence-electron chi connectivity index (χ4n) is 2.57. The molecule has 0 spiro atoms. The van der Waals surface area contributed by atoms with Crippen molar-refractivity contribution in [3.63, 3.8) is 0 Å². The standard InChI is InChI=1S/C18H23NO2/c1-2-17(16-10-6-7-11-18(16)21)19-15(13-20)12-14-8-4-3-5-9-14/h3-11,15,17,19-21H,2,12-13H2,1H3/t15-,17?/m0/s1. The highest BCUT2D eigenvalue weighted by Gasteiger charge is 2.17. The number of phenolic OH excluding ortho intramolecular Hbond substituents is 1. The van der Waals surface area contributed by atoms with Gasteiger partial charge in [0.25, 0.3) is 0 Å². The molecule has 2 atom stereocenters. The Kier molecular flexibility index (Phi) is 5.78. The number of aromatic hydroxyl groups is 1. The quantitative estimate of drug-likeness (QED) is 0.733. The lowest BCUT2D eigenvalue weighted by molar-refractivity contribution is 0.228. The van der Waals surface area contributed by atoms with Crippen molar-refractivity contribution >= 4 is 0 Å². The average molecular weight is 285 g/mol. The van der Waals surface area contributed by atoms with Gasteiger partial charge in [0.2, 0.25) is 0 Å². The van der Waals surface area contributed by atoms with Gasteiger partial charge < -0.3 is 15.5 Å². The molecule has 0 bridgehead atoms. The third kappa shape index (κ3) is 4.31. The van der Waals surface area contributed by atoms with Gasteiger partial charge in [-0.25, -0.2) is 0 Å². The number of rotatable bonds is 7. The molecular weight excluding hydrogens is 262 g/mol. The number of para-hydroxylation sites is 1. The molecular formula is C18H23NO2. The first kappa shape index (κ1) is 15.5. The van der Waals surface area contributed by atoms with E-state index < -0.39 is 0 Å². The van der Waals surface area contributed by atoms with Gasteiger partial charge >= 0.3 is 0 Å². The first-order chi connectivity index (χ1) is 10.2. The molecule has 0 aromatic heterocycles. The Morgan fingerprint density at radius 1 is 1.00 bits per heavy atom. The summed E-state index contributed by atoms with van der Waals surface area (Å²) in [6.45, 7) is 2.14. The van der Waals surface area contributed by atoms with Crippen molar-refractivity contribution in [3.05, 3.63) is 65.7 Å². The molecule has 0 aliphatic carbocycles. The van der Waals surface area contributed by atoms with E-state index in [1.54, 1.807) is 6.07 Å². The number of phenols is 1. The van der Waals surface area contributed by atoms with Crippen LogP contribution < -0.4 is 5.32 Å². The zero-order valence-electron chi connectivity index (χ0n) is 12.4. The monoisotopic (exact) mass is 285 g/mol. The van der Waals surface area contributed by atoms with Crippen LogP contribution in [0, 0.1) is 0 Å². The summed E-state index contributed by atoms with van der Waals surface area (Å²) >= 11 is 0. The summed E-state index contributed by atoms with van der Waals surface area (Å²) in [6.07, 6.45) is 1.62. The Labute approximate surface area is 126 Å². The lowest BCUT2D eigenvalue weighted by Crippen LogP contribution is -2.37. The molecule has 21 heavy (non-hydrogen) atoms. The average Bonchev–Trinajstić information content (AvgIpc) is 2.53. The van der Waals surface area contributed by atoms with E-state index in [1.807, 2.05) is 36.4 Å². The SMILES string of the molecule is CCC(N[C@H](CO)Cc1ccccc1)c1ccccc1O. The van der Waals surface area contributed by atoms with E-state index in [0.717, 1.165) is 18.4 Å². The molecule has 2 rings (SSSR count). The molecule has 3 nitrogen and oxygen atoms in total. The van der Waals surface area contributed by atoms with Crippen LogP contribution in [0.2, 0.25) is 0 Å². The van der Waals surface area contributed by atoms with Crippen molar-refractivity contribution in [2.75, 3.05) is 6.61 Å². The van der Waals surface area contributed by atoms with Gasteiger partial charge in [-0.1, -0.05) is 55.5 Å². The number of aliphatic hydroxyl groups excluding tert-OH is 1. The Morgan fingerprint density at radius 2 is 1.67 bits per heavy atom. The highest BCUT2D eigenvalue weighted by molar-refractivity contribution is 5.34. The second kappa shape index (κ2) is 7.81. The summed E-state index contributed by atoms with van der Waals surface area (Å²) < 4.78 is 0. The number of hydrogen-bond acceptors (Lipinski definition) is 3. The molecule has 0 amide bonds. The van der Waals surface area contributed by atoms with E-state index in [2.05, 4.69) is 24.4 Å². The summed E-state index contributed by atoms with van der Waals surface area (Å²) in [4.78, 5) is 0. The van der Waals surface area contributed by atoms with Crippen molar-refractivity contribution in [2.45, 2.75) is 31.8 Å². The van der Waals surface area contributed by atoms with Crippen molar-refractivity contribution < 1.29 is 10.2 Å². The normalized spacial score (nSPS) is 13.8. The van der Waals surface area contributed by atoms with Gasteiger partial charge in [0, 0.05) is 17.6 Å². The van der Waals surface area contributed by atoms with Crippen LogP contribution in [-0.4, -0.2) is 22.9 Å². The smallest absolute Gasteiger partial charge is 0.120 e. The van der Waals surface area contributed by atoms with E-state index in [-0.39, 0.29) is 18.7 Å². The third-order valence-corrected chi connectivity index (χ3v) is 3.70. The molecule has 2 aromatic rings. The first-order valence-electron chi connectivity index (χ1n) is 7.43. The van der Waals surface area contributed by atoms with Crippen LogP contribution in [0.25, 0.3) is 0 Å². The Bertz CT molecular complexity index is 542. The zero-order chi connectivity index (χ0) is 15.1. The summed E-state index contributed by atoms with van der Waals surface area (Å²) in [7, 11) is 0. The third-order valence-electron chi connectivity index (χ3n) is 3.70. The Morgan fingerprint density at radius 3 is 2.29 bits per heavy atom. The van der Waals surface area contributed by atoms with Crippen molar-refractivity contribution in [1.82, 2.24) is 5.32 Å². The molecule has 1 unspecified atom stereocenters. The summed E-state index contributed by atoms with van der Waals surface area (Å²) in [5, 5.41) is 23.1. The molecule has 3 heteroatoms. The van der Waals surface area contributed by atoms with Crippen LogP contribution in [-0.2, 0) is 6.42 Å². The van der Waals surface area contributed by atoms with E-state index in [1.165, 1.54) is 5.56 Å². The number of aliphatic hydroxyl groups is 1. The van der Waals surface area contributed by atoms with E-state index >= 15 is 0 Å². The van der Waals surface area contributed by atoms with Crippen LogP contribution in [0.1, 0.15) is 30.5 Å². The molecule has 3 N–H and O–H groups in total. The highest BCUT2D eigenvalue weighted by Crippen LogP contribution is 2.26. The molecule has 0 saturated carbocycles. The fraction of sp³-hybridized carbons (Fsp3) is 0.333. The second-order valence-corrected chi connectivity index (χ2v) is 5.26. The number of nitrogens with one attached hydrogen (secondary N) is 1. The fourth-order valence-corrected chi connectivity index (χ4v) is 2.57. The minimum absolute atomic E-state index is 0.0306. The maximum atomic E-state index is 9.98. The number of benzene rings is 2. The summed E-state index contributed by atoms with van der Waals surface area (Å²) in [5.41, 5.74) is 2.07. The number of hydrogen-bond donors (Lipinski definition) is 3. The molecule has 0 radical (unpaired) electrons. The maximum absolute atomic E-state index is 9.98. The van der Waals surface area contributed by atoms with E-state index in [9.17, 15) is 10.2 Å². The van der Waals surface area contributed by atoms with Crippen LogP contribution in [0.15, 0.2) is 54.6 Å². The highest BCUT2D eigenvalue weighted by atomic mass is 16.3. The Hall–Kier alpha value is -1.84. The minimum Gasteiger partial charge on any atom is -0.508 e. The van der Waals surface area contributed by atoms with Gasteiger partial charge in [-0.2, -0.15) is 0 Å². The van der Waals surface area contributed by atoms with E-state index in [0.29, 0.717) is 5.75 Å². The van der Waals surface area contributed by atoms with Gasteiger partial charge in [0.1, 0.15) is 5.75 Å². The predicted molar refractivity (Wildman–Crippen MR) is 85.3 cm³/mol. The topological polar surface area (TPSA) is 52.5 Å². The van der Waals surface area contributed by atoms with Crippen LogP contribution in [0.4, 0.5) is 0 Å². The second-order valence-electron chi connectivity index (χ2n) is 5.26. The van der Waals surface area contributed by atoms with Crippen molar-refractivity contribution in [2.24, 2.45) is 0 Å². The molecule has 112 valence electrons. The zero-order valence-corrected chi connectivity index (χ0v) is 12.4. The maximum Gasteiger partial charge on any atom is 0.120 e. The van der Waals surface area contributed by atoms with Crippen LogP contribution in [0.5, 0.6) is 5.75 Å². The first-order valence-corrected chi connectivity index (χ1v) is 7.43. The molecule has 0 saturated heterocycles. The lowest BCUT2D eigenvalue weighted by Gasteiger charge is -2.25. The van der Waals surface area contributed by atoms with E-state index in [4.69, 9.17) is 0 Å². The van der Waals surface area contributed by atoms with Gasteiger partial charge in [0.05, 0.1) is 6.61 Å². The lowest BCUT2D eigenvalue weighted by atomic mass is 10.00. The molecule has 2 aromatic carbocycles.